The SMILES string of the molecule is CSc1cnn(C(C)C)c1N. The van der Waals surface area contributed by atoms with E-state index in [1.165, 1.54) is 0 Å². The third-order valence-corrected chi connectivity index (χ3v) is 2.26. The first-order valence-electron chi connectivity index (χ1n) is 3.53. The molecule has 0 atom stereocenters. The van der Waals surface area contributed by atoms with Gasteiger partial charge in [0.2, 0.25) is 0 Å². The molecule has 1 aromatic heterocycles. The molecule has 0 unspecified atom stereocenters. The van der Waals surface area contributed by atoms with Gasteiger partial charge in [-0.05, 0) is 20.1 Å². The van der Waals surface area contributed by atoms with Crippen LogP contribution in [-0.4, -0.2) is 16.0 Å². The molecule has 1 aromatic rings. The van der Waals surface area contributed by atoms with Crippen molar-refractivity contribution >= 4 is 17.6 Å². The van der Waals surface area contributed by atoms with Crippen molar-refractivity contribution in [2.24, 2.45) is 0 Å². The number of hydrogen-bond donors (Lipinski definition) is 1. The zero-order chi connectivity index (χ0) is 8.43. The van der Waals surface area contributed by atoms with Crippen LogP contribution in [0.5, 0.6) is 0 Å². The number of aromatic nitrogens is 2. The summed E-state index contributed by atoms with van der Waals surface area (Å²) in [5.74, 6) is 0.771. The highest BCUT2D eigenvalue weighted by Crippen LogP contribution is 2.23. The fourth-order valence-corrected chi connectivity index (χ4v) is 1.38. The molecule has 0 fully saturated rings. The van der Waals surface area contributed by atoms with Crippen molar-refractivity contribution in [1.82, 2.24) is 9.78 Å². The quantitative estimate of drug-likeness (QED) is 0.690. The number of anilines is 1. The Hall–Kier alpha value is -0.640. The fourth-order valence-electron chi connectivity index (χ4n) is 0.925. The zero-order valence-corrected chi connectivity index (χ0v) is 7.85. The van der Waals surface area contributed by atoms with Gasteiger partial charge in [-0.15, -0.1) is 11.8 Å². The molecule has 1 rings (SSSR count). The van der Waals surface area contributed by atoms with Crippen molar-refractivity contribution in [2.75, 3.05) is 12.0 Å². The van der Waals surface area contributed by atoms with Crippen LogP contribution in [0.1, 0.15) is 19.9 Å². The second-order valence-electron chi connectivity index (χ2n) is 2.64. The monoisotopic (exact) mass is 171 g/mol. The molecule has 0 saturated heterocycles. The van der Waals surface area contributed by atoms with E-state index in [2.05, 4.69) is 18.9 Å². The van der Waals surface area contributed by atoms with Crippen LogP contribution in [0.25, 0.3) is 0 Å². The van der Waals surface area contributed by atoms with Crippen LogP contribution < -0.4 is 5.73 Å². The minimum Gasteiger partial charge on any atom is -0.383 e. The van der Waals surface area contributed by atoms with E-state index < -0.39 is 0 Å². The van der Waals surface area contributed by atoms with Crippen molar-refractivity contribution < 1.29 is 0 Å². The Morgan fingerprint density at radius 1 is 1.64 bits per heavy atom. The van der Waals surface area contributed by atoms with Gasteiger partial charge in [0.15, 0.2) is 0 Å². The van der Waals surface area contributed by atoms with E-state index in [0.717, 1.165) is 10.7 Å². The molecule has 0 bridgehead atoms. The average molecular weight is 171 g/mol. The second kappa shape index (κ2) is 3.17. The van der Waals surface area contributed by atoms with Crippen molar-refractivity contribution in [3.05, 3.63) is 6.20 Å². The molecule has 2 N–H and O–H groups in total. The van der Waals surface area contributed by atoms with E-state index in [4.69, 9.17) is 5.73 Å². The Kier molecular flexibility index (Phi) is 2.44. The van der Waals surface area contributed by atoms with Gasteiger partial charge in [0.05, 0.1) is 11.1 Å². The van der Waals surface area contributed by atoms with Gasteiger partial charge in [-0.1, -0.05) is 0 Å². The highest BCUT2D eigenvalue weighted by molar-refractivity contribution is 7.98. The largest absolute Gasteiger partial charge is 0.383 e. The smallest absolute Gasteiger partial charge is 0.135 e. The highest BCUT2D eigenvalue weighted by Gasteiger charge is 2.07. The number of nitrogen functional groups attached to an aromatic ring is 1. The maximum atomic E-state index is 5.79. The summed E-state index contributed by atoms with van der Waals surface area (Å²) in [7, 11) is 0. The van der Waals surface area contributed by atoms with Crippen LogP contribution in [0, 0.1) is 0 Å². The predicted molar refractivity (Wildman–Crippen MR) is 48.8 cm³/mol. The van der Waals surface area contributed by atoms with Gasteiger partial charge in [0, 0.05) is 6.04 Å². The molecule has 0 aliphatic carbocycles. The standard InChI is InChI=1S/C7H13N3S/c1-5(2)10-7(8)6(11-3)4-9-10/h4-5H,8H2,1-3H3. The maximum Gasteiger partial charge on any atom is 0.135 e. The Labute approximate surface area is 71.0 Å². The van der Waals surface area contributed by atoms with Gasteiger partial charge >= 0.3 is 0 Å². The summed E-state index contributed by atoms with van der Waals surface area (Å²) in [5, 5.41) is 4.16. The summed E-state index contributed by atoms with van der Waals surface area (Å²) >= 11 is 1.63. The number of nitrogens with zero attached hydrogens (tertiary/aromatic N) is 2. The lowest BCUT2D eigenvalue weighted by molar-refractivity contribution is 0.540. The Bertz CT molecular complexity index is 242. The van der Waals surface area contributed by atoms with Crippen molar-refractivity contribution in [3.8, 4) is 0 Å². The molecule has 0 spiro atoms. The van der Waals surface area contributed by atoms with Crippen LogP contribution in [0.4, 0.5) is 5.82 Å². The molecule has 0 radical (unpaired) electrons. The van der Waals surface area contributed by atoms with Gasteiger partial charge in [-0.2, -0.15) is 5.10 Å². The van der Waals surface area contributed by atoms with E-state index >= 15 is 0 Å². The van der Waals surface area contributed by atoms with Crippen LogP contribution in [0.2, 0.25) is 0 Å². The molecule has 0 aromatic carbocycles. The molecule has 0 amide bonds. The van der Waals surface area contributed by atoms with Gasteiger partial charge in [0.25, 0.3) is 0 Å². The Morgan fingerprint density at radius 2 is 2.27 bits per heavy atom. The lowest BCUT2D eigenvalue weighted by Gasteiger charge is -2.07. The number of rotatable bonds is 2. The molecule has 4 heteroatoms. The molecular weight excluding hydrogens is 158 g/mol. The molecule has 0 aliphatic heterocycles. The minimum absolute atomic E-state index is 0.343. The van der Waals surface area contributed by atoms with Crippen LogP contribution in [0.3, 0.4) is 0 Å². The molecule has 3 nitrogen and oxygen atoms in total. The minimum atomic E-state index is 0.343. The van der Waals surface area contributed by atoms with E-state index in [9.17, 15) is 0 Å². The fraction of sp³-hybridized carbons (Fsp3) is 0.571. The summed E-state index contributed by atoms with van der Waals surface area (Å²) < 4.78 is 1.83. The molecule has 62 valence electrons. The lowest BCUT2D eigenvalue weighted by atomic mass is 10.4. The summed E-state index contributed by atoms with van der Waals surface area (Å²) in [4.78, 5) is 1.05. The van der Waals surface area contributed by atoms with E-state index in [1.54, 1.807) is 18.0 Å². The Morgan fingerprint density at radius 3 is 2.55 bits per heavy atom. The van der Waals surface area contributed by atoms with Crippen LogP contribution in [0.15, 0.2) is 11.1 Å². The van der Waals surface area contributed by atoms with E-state index in [0.29, 0.717) is 6.04 Å². The normalized spacial score (nSPS) is 10.9. The first kappa shape index (κ1) is 8.46. The summed E-state index contributed by atoms with van der Waals surface area (Å²) in [6, 6.07) is 0.343. The molecule has 0 saturated carbocycles. The molecule has 1 heterocycles. The molecule has 0 aliphatic rings. The van der Waals surface area contributed by atoms with Gasteiger partial charge < -0.3 is 5.73 Å². The van der Waals surface area contributed by atoms with E-state index in [-0.39, 0.29) is 0 Å². The molecular formula is C7H13N3S. The van der Waals surface area contributed by atoms with Crippen molar-refractivity contribution in [1.29, 1.82) is 0 Å². The van der Waals surface area contributed by atoms with Crippen LogP contribution in [-0.2, 0) is 0 Å². The molecule has 11 heavy (non-hydrogen) atoms. The number of hydrogen-bond acceptors (Lipinski definition) is 3. The van der Waals surface area contributed by atoms with Gasteiger partial charge in [0.1, 0.15) is 5.82 Å². The van der Waals surface area contributed by atoms with Gasteiger partial charge in [-0.3, -0.25) is 0 Å². The van der Waals surface area contributed by atoms with Crippen molar-refractivity contribution in [2.45, 2.75) is 24.8 Å². The topological polar surface area (TPSA) is 43.8 Å². The summed E-state index contributed by atoms with van der Waals surface area (Å²) in [5.41, 5.74) is 5.79. The Balaban J connectivity index is 3.00. The van der Waals surface area contributed by atoms with E-state index in [1.807, 2.05) is 10.9 Å². The average Bonchev–Trinajstić information content (AvgIpc) is 2.30. The predicted octanol–water partition coefficient (Wildman–Crippen LogP) is 1.77. The lowest BCUT2D eigenvalue weighted by Crippen LogP contribution is -2.06. The third kappa shape index (κ3) is 1.50. The second-order valence-corrected chi connectivity index (χ2v) is 3.48. The summed E-state index contributed by atoms with van der Waals surface area (Å²) in [6.45, 7) is 4.13. The zero-order valence-electron chi connectivity index (χ0n) is 7.03. The van der Waals surface area contributed by atoms with Gasteiger partial charge in [-0.25, -0.2) is 4.68 Å². The maximum absolute atomic E-state index is 5.79. The van der Waals surface area contributed by atoms with Crippen molar-refractivity contribution in [3.63, 3.8) is 0 Å². The number of thioether (sulfide) groups is 1. The first-order valence-corrected chi connectivity index (χ1v) is 4.76. The third-order valence-electron chi connectivity index (χ3n) is 1.51. The van der Waals surface area contributed by atoms with Crippen LogP contribution >= 0.6 is 11.8 Å². The number of nitrogens with two attached hydrogens (primary N) is 1. The summed E-state index contributed by atoms with van der Waals surface area (Å²) in [6.07, 6.45) is 3.80. The first-order chi connectivity index (χ1) is 5.16. The highest BCUT2D eigenvalue weighted by atomic mass is 32.2.